The lowest BCUT2D eigenvalue weighted by atomic mass is 9.78. The Morgan fingerprint density at radius 2 is 1.46 bits per heavy atom. The van der Waals surface area contributed by atoms with E-state index in [1.54, 1.807) is 6.07 Å². The van der Waals surface area contributed by atoms with Crippen molar-refractivity contribution in [3.8, 4) is 11.5 Å². The maximum absolute atomic E-state index is 12.9. The van der Waals surface area contributed by atoms with Crippen molar-refractivity contribution in [2.45, 2.75) is 111 Å². The van der Waals surface area contributed by atoms with Gasteiger partial charge >= 0.3 is 0 Å². The van der Waals surface area contributed by atoms with Gasteiger partial charge in [-0.3, -0.25) is 9.59 Å². The molecule has 1 aromatic carbocycles. The molecule has 0 heterocycles. The van der Waals surface area contributed by atoms with Crippen LogP contribution in [0.15, 0.2) is 18.2 Å². The Hall–Kier alpha value is -2.24. The van der Waals surface area contributed by atoms with Crippen molar-refractivity contribution in [3.63, 3.8) is 0 Å². The average molecular weight is 491 g/mol. The molecule has 2 amide bonds. The van der Waals surface area contributed by atoms with E-state index >= 15 is 0 Å². The summed E-state index contributed by atoms with van der Waals surface area (Å²) in [5.41, 5.74) is 0.212. The molecule has 1 rings (SSSR count). The molecule has 200 valence electrons. The van der Waals surface area contributed by atoms with E-state index in [9.17, 15) is 19.8 Å². The van der Waals surface area contributed by atoms with E-state index in [0.717, 1.165) is 18.4 Å². The van der Waals surface area contributed by atoms with E-state index in [2.05, 4.69) is 17.6 Å². The highest BCUT2D eigenvalue weighted by atomic mass is 16.3. The van der Waals surface area contributed by atoms with E-state index in [4.69, 9.17) is 0 Å². The van der Waals surface area contributed by atoms with E-state index in [-0.39, 0.29) is 29.2 Å². The molecule has 1 aromatic rings. The van der Waals surface area contributed by atoms with E-state index < -0.39 is 5.41 Å². The van der Waals surface area contributed by atoms with Gasteiger partial charge < -0.3 is 20.8 Å². The van der Waals surface area contributed by atoms with Gasteiger partial charge in [-0.15, -0.1) is 0 Å². The number of phenolic OH excluding ortho intramolecular Hbond substituents is 2. The third kappa shape index (κ3) is 12.3. The lowest BCUT2D eigenvalue weighted by molar-refractivity contribution is -0.133. The van der Waals surface area contributed by atoms with Gasteiger partial charge in [0.15, 0.2) is 11.5 Å². The second-order valence-electron chi connectivity index (χ2n) is 10.3. The second kappa shape index (κ2) is 17.2. The minimum absolute atomic E-state index is 0.0213. The zero-order valence-electron chi connectivity index (χ0n) is 22.6. The Morgan fingerprint density at radius 3 is 2.03 bits per heavy atom. The summed E-state index contributed by atoms with van der Waals surface area (Å²) in [6.45, 7) is 9.17. The number of benzene rings is 1. The van der Waals surface area contributed by atoms with Crippen LogP contribution in [0.25, 0.3) is 0 Å². The molecule has 0 spiro atoms. The molecule has 2 atom stereocenters. The molecular formula is C29H50N2O4. The summed E-state index contributed by atoms with van der Waals surface area (Å²) in [6, 6.07) is 4.67. The standard InChI is InChI=1S/C29H50N2O4/c1-5-7-8-9-10-11-12-13-14-15-19-30-27(34)23(3)22-29(4,6-2)28(35)31-20-18-24-16-17-25(32)26(33)21-24/h16-17,21,23,32-33H,5-15,18-20,22H2,1-4H3,(H,30,34)(H,31,35). The zero-order chi connectivity index (χ0) is 26.1. The molecule has 0 aliphatic carbocycles. The van der Waals surface area contributed by atoms with Gasteiger partial charge in [-0.25, -0.2) is 0 Å². The smallest absolute Gasteiger partial charge is 0.225 e. The quantitative estimate of drug-likeness (QED) is 0.136. The Balaban J connectivity index is 2.27. The Bertz CT molecular complexity index is 752. The van der Waals surface area contributed by atoms with Gasteiger partial charge in [0.25, 0.3) is 0 Å². The van der Waals surface area contributed by atoms with Gasteiger partial charge in [-0.05, 0) is 43.4 Å². The van der Waals surface area contributed by atoms with Gasteiger partial charge in [-0.1, -0.05) is 91.5 Å². The number of hydrogen-bond donors (Lipinski definition) is 4. The normalized spacial score (nSPS) is 13.7. The number of nitrogens with one attached hydrogen (secondary N) is 2. The molecule has 0 bridgehead atoms. The first-order valence-electron chi connectivity index (χ1n) is 13.8. The number of aromatic hydroxyl groups is 2. The Labute approximate surface area is 213 Å². The Morgan fingerprint density at radius 1 is 0.857 bits per heavy atom. The van der Waals surface area contributed by atoms with Crippen LogP contribution in [0.5, 0.6) is 11.5 Å². The number of rotatable bonds is 19. The number of amides is 2. The molecule has 0 aliphatic heterocycles. The van der Waals surface area contributed by atoms with Crippen molar-refractivity contribution < 1.29 is 19.8 Å². The highest BCUT2D eigenvalue weighted by Gasteiger charge is 2.34. The van der Waals surface area contributed by atoms with E-state index in [0.29, 0.717) is 32.4 Å². The Kier molecular flexibility index (Phi) is 15.2. The monoisotopic (exact) mass is 490 g/mol. The predicted octanol–water partition coefficient (Wildman–Crippen LogP) is 6.24. The molecule has 6 heteroatoms. The van der Waals surface area contributed by atoms with Crippen LogP contribution in [-0.4, -0.2) is 35.1 Å². The van der Waals surface area contributed by atoms with Gasteiger partial charge in [0.05, 0.1) is 0 Å². The predicted molar refractivity (Wildman–Crippen MR) is 144 cm³/mol. The second-order valence-corrected chi connectivity index (χ2v) is 10.3. The topological polar surface area (TPSA) is 98.7 Å². The third-order valence-electron chi connectivity index (χ3n) is 7.10. The summed E-state index contributed by atoms with van der Waals surface area (Å²) >= 11 is 0. The number of unbranched alkanes of at least 4 members (excludes halogenated alkanes) is 9. The molecule has 0 aliphatic rings. The molecule has 35 heavy (non-hydrogen) atoms. The van der Waals surface area contributed by atoms with Gasteiger partial charge in [-0.2, -0.15) is 0 Å². The SMILES string of the molecule is CCCCCCCCCCCCNC(=O)C(C)CC(C)(CC)C(=O)NCCc1ccc(O)c(O)c1. The first kappa shape index (κ1) is 30.8. The molecule has 0 aromatic heterocycles. The molecule has 0 saturated carbocycles. The zero-order valence-corrected chi connectivity index (χ0v) is 22.6. The van der Waals surface area contributed by atoms with Crippen molar-refractivity contribution in [2.24, 2.45) is 11.3 Å². The highest BCUT2D eigenvalue weighted by molar-refractivity contribution is 5.84. The lowest BCUT2D eigenvalue weighted by Gasteiger charge is -2.29. The number of carbonyl (C=O) groups excluding carboxylic acids is 2. The minimum atomic E-state index is -0.620. The van der Waals surface area contributed by atoms with Crippen LogP contribution in [0.4, 0.5) is 0 Å². The molecule has 2 unspecified atom stereocenters. The maximum Gasteiger partial charge on any atom is 0.225 e. The van der Waals surface area contributed by atoms with E-state index in [1.165, 1.54) is 63.5 Å². The molecular weight excluding hydrogens is 440 g/mol. The summed E-state index contributed by atoms with van der Waals surface area (Å²) in [7, 11) is 0. The molecule has 0 fully saturated rings. The largest absolute Gasteiger partial charge is 0.504 e. The van der Waals surface area contributed by atoms with Crippen molar-refractivity contribution >= 4 is 11.8 Å². The van der Waals surface area contributed by atoms with Crippen molar-refractivity contribution in [1.82, 2.24) is 10.6 Å². The fourth-order valence-corrected chi connectivity index (χ4v) is 4.42. The third-order valence-corrected chi connectivity index (χ3v) is 7.10. The average Bonchev–Trinajstić information content (AvgIpc) is 2.84. The van der Waals surface area contributed by atoms with Crippen LogP contribution in [0, 0.1) is 11.3 Å². The van der Waals surface area contributed by atoms with Crippen molar-refractivity contribution in [2.75, 3.05) is 13.1 Å². The summed E-state index contributed by atoms with van der Waals surface area (Å²) in [5, 5.41) is 25.1. The van der Waals surface area contributed by atoms with Crippen molar-refractivity contribution in [3.05, 3.63) is 23.8 Å². The van der Waals surface area contributed by atoms with Crippen LogP contribution >= 0.6 is 0 Å². The van der Waals surface area contributed by atoms with Gasteiger partial charge in [0.1, 0.15) is 0 Å². The van der Waals surface area contributed by atoms with Crippen LogP contribution in [0.1, 0.15) is 110 Å². The molecule has 6 nitrogen and oxygen atoms in total. The fourth-order valence-electron chi connectivity index (χ4n) is 4.42. The van der Waals surface area contributed by atoms with Crippen LogP contribution in [0.2, 0.25) is 0 Å². The molecule has 4 N–H and O–H groups in total. The number of phenols is 2. The van der Waals surface area contributed by atoms with Crippen LogP contribution < -0.4 is 10.6 Å². The summed E-state index contributed by atoms with van der Waals surface area (Å²) in [4.78, 5) is 25.5. The summed E-state index contributed by atoms with van der Waals surface area (Å²) in [5.74, 6) is -0.588. The van der Waals surface area contributed by atoms with Crippen LogP contribution in [0.3, 0.4) is 0 Å². The van der Waals surface area contributed by atoms with Crippen LogP contribution in [-0.2, 0) is 16.0 Å². The summed E-state index contributed by atoms with van der Waals surface area (Å²) in [6.07, 6.45) is 14.4. The van der Waals surface area contributed by atoms with Gasteiger partial charge in [0, 0.05) is 24.4 Å². The fraction of sp³-hybridized carbons (Fsp3) is 0.724. The first-order valence-corrected chi connectivity index (χ1v) is 13.8. The molecule has 0 saturated heterocycles. The van der Waals surface area contributed by atoms with E-state index in [1.807, 2.05) is 20.8 Å². The van der Waals surface area contributed by atoms with Gasteiger partial charge in [0.2, 0.25) is 11.8 Å². The first-order chi connectivity index (χ1) is 16.7. The highest BCUT2D eigenvalue weighted by Crippen LogP contribution is 2.30. The minimum Gasteiger partial charge on any atom is -0.504 e. The lowest BCUT2D eigenvalue weighted by Crippen LogP contribution is -2.42. The summed E-state index contributed by atoms with van der Waals surface area (Å²) < 4.78 is 0. The van der Waals surface area contributed by atoms with Crippen molar-refractivity contribution in [1.29, 1.82) is 0 Å². The number of carbonyl (C=O) groups is 2. The maximum atomic E-state index is 12.9. The molecule has 0 radical (unpaired) electrons. The number of hydrogen-bond acceptors (Lipinski definition) is 4.